The van der Waals surface area contributed by atoms with Crippen LogP contribution in [0.3, 0.4) is 0 Å². The molecule has 3 N–H and O–H groups in total. The van der Waals surface area contributed by atoms with Gasteiger partial charge in [-0.1, -0.05) is 23.7 Å². The maximum absolute atomic E-state index is 13.1. The van der Waals surface area contributed by atoms with Crippen LogP contribution in [0.2, 0.25) is 5.02 Å². The number of hydrogen-bond acceptors (Lipinski definition) is 5. The lowest BCUT2D eigenvalue weighted by Gasteiger charge is -2.45. The van der Waals surface area contributed by atoms with E-state index in [1.54, 1.807) is 35.0 Å². The van der Waals surface area contributed by atoms with Crippen molar-refractivity contribution in [2.75, 3.05) is 11.9 Å². The number of rotatable bonds is 4. The molecule has 2 amide bonds. The van der Waals surface area contributed by atoms with Gasteiger partial charge in [0.25, 0.3) is 5.91 Å². The molecule has 11 heteroatoms. The predicted molar refractivity (Wildman–Crippen MR) is 128 cm³/mol. The summed E-state index contributed by atoms with van der Waals surface area (Å²) in [5.74, 6) is -0.409. The molecule has 1 aromatic heterocycles. The molecular formula is C22H28Cl2N6O3. The number of amides is 2. The highest BCUT2D eigenvalue weighted by Gasteiger charge is 2.43. The molecule has 1 aromatic carbocycles. The van der Waals surface area contributed by atoms with Crippen molar-refractivity contribution in [3.8, 4) is 0 Å². The fraction of sp³-hybridized carbons (Fsp3) is 0.455. The monoisotopic (exact) mass is 494 g/mol. The van der Waals surface area contributed by atoms with Crippen molar-refractivity contribution < 1.29 is 14.3 Å². The first-order valence-electron chi connectivity index (χ1n) is 10.6. The Balaban J connectivity index is 0.00000306. The lowest BCUT2D eigenvalue weighted by Crippen LogP contribution is -2.63. The highest BCUT2D eigenvalue weighted by molar-refractivity contribution is 6.35. The Kier molecular flexibility index (Phi) is 7.36. The SMILES string of the molecule is C[C@@H]1C[C@H](N2C(=N)N[C@](C)(c3cccc(NC(=O)c4cncn4C)c3Cl)CC2=O)CCO1.Cl. The first-order chi connectivity index (χ1) is 15.2. The fourth-order valence-corrected chi connectivity index (χ4v) is 4.83. The topological polar surface area (TPSA) is 112 Å². The van der Waals surface area contributed by atoms with Crippen LogP contribution in [0.25, 0.3) is 0 Å². The number of halogens is 2. The molecule has 2 aliphatic heterocycles. The zero-order valence-electron chi connectivity index (χ0n) is 18.7. The minimum atomic E-state index is -0.883. The smallest absolute Gasteiger partial charge is 0.273 e. The van der Waals surface area contributed by atoms with E-state index >= 15 is 0 Å². The van der Waals surface area contributed by atoms with Crippen LogP contribution < -0.4 is 10.6 Å². The minimum Gasteiger partial charge on any atom is -0.378 e. The molecule has 178 valence electrons. The van der Waals surface area contributed by atoms with E-state index in [2.05, 4.69) is 15.6 Å². The molecule has 33 heavy (non-hydrogen) atoms. The average Bonchev–Trinajstić information content (AvgIpc) is 3.15. The van der Waals surface area contributed by atoms with Gasteiger partial charge >= 0.3 is 0 Å². The van der Waals surface area contributed by atoms with Gasteiger partial charge in [0.1, 0.15) is 5.69 Å². The van der Waals surface area contributed by atoms with Crippen LogP contribution in [0.15, 0.2) is 30.7 Å². The van der Waals surface area contributed by atoms with Crippen molar-refractivity contribution in [3.63, 3.8) is 0 Å². The van der Waals surface area contributed by atoms with Crippen molar-refractivity contribution in [2.24, 2.45) is 7.05 Å². The van der Waals surface area contributed by atoms with Gasteiger partial charge in [0, 0.05) is 19.7 Å². The Morgan fingerprint density at radius 3 is 2.82 bits per heavy atom. The Morgan fingerprint density at radius 1 is 1.42 bits per heavy atom. The number of hydrogen-bond donors (Lipinski definition) is 3. The first-order valence-corrected chi connectivity index (χ1v) is 10.9. The molecule has 0 bridgehead atoms. The van der Waals surface area contributed by atoms with E-state index in [1.807, 2.05) is 19.9 Å². The van der Waals surface area contributed by atoms with Gasteiger partial charge in [0.05, 0.1) is 41.3 Å². The molecule has 3 heterocycles. The van der Waals surface area contributed by atoms with E-state index in [0.29, 0.717) is 41.4 Å². The van der Waals surface area contributed by atoms with Gasteiger partial charge in [-0.2, -0.15) is 0 Å². The molecule has 0 spiro atoms. The lowest BCUT2D eigenvalue weighted by atomic mass is 9.85. The van der Waals surface area contributed by atoms with Crippen molar-refractivity contribution >= 4 is 47.5 Å². The third kappa shape index (κ3) is 4.85. The summed E-state index contributed by atoms with van der Waals surface area (Å²) in [5.41, 5.74) is 0.580. The minimum absolute atomic E-state index is 0. The molecule has 0 radical (unpaired) electrons. The number of nitrogens with one attached hydrogen (secondary N) is 3. The third-order valence-corrected chi connectivity index (χ3v) is 6.53. The van der Waals surface area contributed by atoms with Crippen LogP contribution in [0.4, 0.5) is 5.69 Å². The molecule has 2 saturated heterocycles. The van der Waals surface area contributed by atoms with Gasteiger partial charge in [-0.05, 0) is 38.3 Å². The van der Waals surface area contributed by atoms with Crippen molar-refractivity contribution in [1.29, 1.82) is 5.41 Å². The molecule has 0 unspecified atom stereocenters. The van der Waals surface area contributed by atoms with E-state index in [1.165, 1.54) is 6.20 Å². The Bertz CT molecular complexity index is 1050. The summed E-state index contributed by atoms with van der Waals surface area (Å²) in [4.78, 5) is 31.3. The number of ether oxygens (including phenoxy) is 1. The molecule has 0 saturated carbocycles. The summed E-state index contributed by atoms with van der Waals surface area (Å²) >= 11 is 6.69. The summed E-state index contributed by atoms with van der Waals surface area (Å²) in [6.07, 6.45) is 4.61. The fourth-order valence-electron chi connectivity index (χ4n) is 4.45. The number of imidazole rings is 1. The van der Waals surface area contributed by atoms with E-state index in [9.17, 15) is 9.59 Å². The summed E-state index contributed by atoms with van der Waals surface area (Å²) in [6, 6.07) is 5.22. The second-order valence-corrected chi connectivity index (χ2v) is 8.99. The van der Waals surface area contributed by atoms with Gasteiger partial charge in [0.2, 0.25) is 5.91 Å². The summed E-state index contributed by atoms with van der Waals surface area (Å²) < 4.78 is 7.20. The second kappa shape index (κ2) is 9.70. The second-order valence-electron chi connectivity index (χ2n) is 8.62. The van der Waals surface area contributed by atoms with Gasteiger partial charge < -0.3 is 19.9 Å². The normalized spacial score (nSPS) is 25.3. The summed E-state index contributed by atoms with van der Waals surface area (Å²) in [6.45, 7) is 4.40. The van der Waals surface area contributed by atoms with Crippen molar-refractivity contribution in [2.45, 2.75) is 50.8 Å². The zero-order chi connectivity index (χ0) is 23.0. The van der Waals surface area contributed by atoms with E-state index in [4.69, 9.17) is 21.7 Å². The third-order valence-electron chi connectivity index (χ3n) is 6.12. The van der Waals surface area contributed by atoms with Crippen LogP contribution in [-0.2, 0) is 22.1 Å². The quantitative estimate of drug-likeness (QED) is 0.603. The van der Waals surface area contributed by atoms with Gasteiger partial charge in [-0.15, -0.1) is 12.4 Å². The van der Waals surface area contributed by atoms with E-state index in [-0.39, 0.29) is 48.7 Å². The van der Waals surface area contributed by atoms with Gasteiger partial charge in [-0.25, -0.2) is 4.98 Å². The van der Waals surface area contributed by atoms with Crippen LogP contribution in [-0.4, -0.2) is 51.0 Å². The van der Waals surface area contributed by atoms with Crippen LogP contribution in [0, 0.1) is 5.41 Å². The number of anilines is 1. The van der Waals surface area contributed by atoms with Crippen molar-refractivity contribution in [1.82, 2.24) is 19.8 Å². The Labute approximate surface area is 203 Å². The predicted octanol–water partition coefficient (Wildman–Crippen LogP) is 3.29. The highest BCUT2D eigenvalue weighted by Crippen LogP contribution is 2.38. The maximum atomic E-state index is 13.1. The number of carbonyl (C=O) groups excluding carboxylic acids is 2. The number of aryl methyl sites for hydroxylation is 1. The molecule has 2 aliphatic rings. The highest BCUT2D eigenvalue weighted by atomic mass is 35.5. The molecule has 3 atom stereocenters. The standard InChI is InChI=1S/C22H27ClN6O3.ClH/c1-13-9-14(7-8-32-13)29-18(30)10-22(2,27-21(29)24)15-5-4-6-16(19(15)23)26-20(31)17-11-25-12-28(17)3;/h4-6,11-14H,7-10H2,1-3H3,(H2,24,27)(H,26,31);1H/t13-,14-,22+;/m1./s1. The largest absolute Gasteiger partial charge is 0.378 e. The number of nitrogens with zero attached hydrogens (tertiary/aromatic N) is 3. The first kappa shape index (κ1) is 25.0. The molecule has 4 rings (SSSR count). The molecule has 2 fully saturated rings. The number of carbonyl (C=O) groups is 2. The van der Waals surface area contributed by atoms with E-state index in [0.717, 1.165) is 0 Å². The van der Waals surface area contributed by atoms with E-state index < -0.39 is 5.54 Å². The van der Waals surface area contributed by atoms with Gasteiger partial charge in [0.15, 0.2) is 5.96 Å². The zero-order valence-corrected chi connectivity index (χ0v) is 20.3. The van der Waals surface area contributed by atoms with Crippen LogP contribution in [0.1, 0.15) is 49.2 Å². The summed E-state index contributed by atoms with van der Waals surface area (Å²) in [7, 11) is 1.73. The Hall–Kier alpha value is -2.62. The molecule has 9 nitrogen and oxygen atoms in total. The average molecular weight is 495 g/mol. The van der Waals surface area contributed by atoms with Crippen LogP contribution >= 0.6 is 24.0 Å². The molecule has 0 aliphatic carbocycles. The Morgan fingerprint density at radius 2 is 2.18 bits per heavy atom. The van der Waals surface area contributed by atoms with Crippen LogP contribution in [0.5, 0.6) is 0 Å². The van der Waals surface area contributed by atoms with Crippen molar-refractivity contribution in [3.05, 3.63) is 47.0 Å². The number of guanidine groups is 1. The number of benzene rings is 1. The lowest BCUT2D eigenvalue weighted by molar-refractivity contribution is -0.134. The molecule has 2 aromatic rings. The summed E-state index contributed by atoms with van der Waals surface area (Å²) in [5, 5.41) is 14.9. The van der Waals surface area contributed by atoms with Gasteiger partial charge in [-0.3, -0.25) is 19.9 Å². The maximum Gasteiger partial charge on any atom is 0.273 e. The number of aromatic nitrogens is 2. The molecular weight excluding hydrogens is 467 g/mol.